The molecule has 5 heteroatoms. The molecule has 0 aliphatic carbocycles. The van der Waals surface area contributed by atoms with E-state index in [9.17, 15) is 0 Å². The first-order valence-electron chi connectivity index (χ1n) is 6.76. The third kappa shape index (κ3) is 7.99. The lowest BCUT2D eigenvalue weighted by atomic mass is 10.1. The Morgan fingerprint density at radius 3 is 2.60 bits per heavy atom. The molecule has 0 atom stereocenters. The maximum absolute atomic E-state index is 4.24. The highest BCUT2D eigenvalue weighted by Gasteiger charge is 1.99. The highest BCUT2D eigenvalue weighted by Crippen LogP contribution is 2.05. The zero-order chi connectivity index (χ0) is 13.9. The summed E-state index contributed by atoms with van der Waals surface area (Å²) in [6.07, 6.45) is 4.59. The van der Waals surface area contributed by atoms with E-state index in [1.807, 2.05) is 18.8 Å². The lowest BCUT2D eigenvalue weighted by Gasteiger charge is -2.13. The first kappa shape index (κ1) is 19.6. The van der Waals surface area contributed by atoms with E-state index >= 15 is 0 Å². The molecular weight excluding hydrogens is 381 g/mol. The van der Waals surface area contributed by atoms with E-state index in [0.29, 0.717) is 0 Å². The van der Waals surface area contributed by atoms with Crippen molar-refractivity contribution in [3.63, 3.8) is 0 Å². The monoisotopic (exact) mass is 407 g/mol. The van der Waals surface area contributed by atoms with Crippen LogP contribution in [-0.2, 0) is 6.54 Å². The highest BCUT2D eigenvalue weighted by molar-refractivity contribution is 14.0. The van der Waals surface area contributed by atoms with Crippen LogP contribution in [-0.4, -0.2) is 31.6 Å². The summed E-state index contributed by atoms with van der Waals surface area (Å²) in [6, 6.07) is 8.42. The molecule has 0 saturated carbocycles. The summed E-state index contributed by atoms with van der Waals surface area (Å²) in [5.41, 5.74) is 2.62. The van der Waals surface area contributed by atoms with Gasteiger partial charge in [0.25, 0.3) is 0 Å². The number of guanidine groups is 1. The SMILES string of the molecule is CN=C(NCCCCSC)NCc1ccccc1C.I. The van der Waals surface area contributed by atoms with Crippen molar-refractivity contribution in [2.45, 2.75) is 26.3 Å². The summed E-state index contributed by atoms with van der Waals surface area (Å²) >= 11 is 1.90. The second kappa shape index (κ2) is 12.3. The Bertz CT molecular complexity index is 396. The standard InChI is InChI=1S/C15H25N3S.HI/c1-13-8-4-5-9-14(13)12-18-15(16-2)17-10-6-7-11-19-3;/h4-5,8-9H,6-7,10-12H2,1-3H3,(H2,16,17,18);1H. The Balaban J connectivity index is 0.00000361. The quantitative estimate of drug-likeness (QED) is 0.315. The van der Waals surface area contributed by atoms with Gasteiger partial charge in [0.05, 0.1) is 0 Å². The van der Waals surface area contributed by atoms with Crippen LogP contribution >= 0.6 is 35.7 Å². The number of unbranched alkanes of at least 4 members (excludes halogenated alkanes) is 1. The fourth-order valence-electron chi connectivity index (χ4n) is 1.79. The number of rotatable bonds is 7. The van der Waals surface area contributed by atoms with Gasteiger partial charge in [-0.25, -0.2) is 0 Å². The third-order valence-electron chi connectivity index (χ3n) is 3.00. The second-order valence-electron chi connectivity index (χ2n) is 4.48. The molecule has 20 heavy (non-hydrogen) atoms. The normalized spacial score (nSPS) is 10.8. The zero-order valence-corrected chi connectivity index (χ0v) is 15.8. The van der Waals surface area contributed by atoms with Crippen molar-refractivity contribution < 1.29 is 0 Å². The van der Waals surface area contributed by atoms with Gasteiger partial charge in [0.15, 0.2) is 5.96 Å². The Kier molecular flexibility index (Phi) is 12.1. The molecule has 3 nitrogen and oxygen atoms in total. The lowest BCUT2D eigenvalue weighted by molar-refractivity contribution is 0.732. The van der Waals surface area contributed by atoms with E-state index in [2.05, 4.69) is 53.1 Å². The molecule has 114 valence electrons. The second-order valence-corrected chi connectivity index (χ2v) is 5.46. The van der Waals surface area contributed by atoms with E-state index in [4.69, 9.17) is 0 Å². The van der Waals surface area contributed by atoms with Crippen molar-refractivity contribution in [1.82, 2.24) is 10.6 Å². The minimum absolute atomic E-state index is 0. The summed E-state index contributed by atoms with van der Waals surface area (Å²) in [5.74, 6) is 2.11. The molecule has 1 aromatic rings. The molecule has 0 amide bonds. The van der Waals surface area contributed by atoms with Crippen LogP contribution in [0.5, 0.6) is 0 Å². The Morgan fingerprint density at radius 2 is 1.95 bits per heavy atom. The first-order chi connectivity index (χ1) is 9.27. The average Bonchev–Trinajstić information content (AvgIpc) is 2.43. The molecule has 0 heterocycles. The van der Waals surface area contributed by atoms with Gasteiger partial charge in [-0.05, 0) is 42.9 Å². The van der Waals surface area contributed by atoms with Crippen molar-refractivity contribution in [3.8, 4) is 0 Å². The first-order valence-corrected chi connectivity index (χ1v) is 8.15. The third-order valence-corrected chi connectivity index (χ3v) is 3.70. The van der Waals surface area contributed by atoms with Gasteiger partial charge >= 0.3 is 0 Å². The van der Waals surface area contributed by atoms with Crippen LogP contribution in [0, 0.1) is 6.92 Å². The number of benzene rings is 1. The van der Waals surface area contributed by atoms with Crippen molar-refractivity contribution >= 4 is 41.7 Å². The fraction of sp³-hybridized carbons (Fsp3) is 0.533. The van der Waals surface area contributed by atoms with Gasteiger partial charge in [-0.15, -0.1) is 24.0 Å². The lowest BCUT2D eigenvalue weighted by Crippen LogP contribution is -2.37. The van der Waals surface area contributed by atoms with Gasteiger partial charge in [0.2, 0.25) is 0 Å². The number of halogens is 1. The predicted octanol–water partition coefficient (Wildman–Crippen LogP) is 3.42. The van der Waals surface area contributed by atoms with Gasteiger partial charge in [0, 0.05) is 20.1 Å². The zero-order valence-electron chi connectivity index (χ0n) is 12.6. The molecule has 0 spiro atoms. The number of hydrogen-bond acceptors (Lipinski definition) is 2. The van der Waals surface area contributed by atoms with E-state index in [0.717, 1.165) is 19.0 Å². The maximum Gasteiger partial charge on any atom is 0.191 e. The number of thioether (sulfide) groups is 1. The number of nitrogens with one attached hydrogen (secondary N) is 2. The van der Waals surface area contributed by atoms with Gasteiger partial charge in [-0.2, -0.15) is 11.8 Å². The number of hydrogen-bond donors (Lipinski definition) is 2. The van der Waals surface area contributed by atoms with Gasteiger partial charge in [-0.1, -0.05) is 24.3 Å². The van der Waals surface area contributed by atoms with E-state index < -0.39 is 0 Å². The summed E-state index contributed by atoms with van der Waals surface area (Å²) < 4.78 is 0. The molecule has 0 saturated heterocycles. The fourth-order valence-corrected chi connectivity index (χ4v) is 2.28. The number of nitrogens with zero attached hydrogens (tertiary/aromatic N) is 1. The smallest absolute Gasteiger partial charge is 0.191 e. The molecule has 0 bridgehead atoms. The maximum atomic E-state index is 4.24. The van der Waals surface area contributed by atoms with Crippen LogP contribution in [0.3, 0.4) is 0 Å². The van der Waals surface area contributed by atoms with Crippen molar-refractivity contribution in [1.29, 1.82) is 0 Å². The van der Waals surface area contributed by atoms with Crippen LogP contribution in [0.25, 0.3) is 0 Å². The molecular formula is C15H26IN3S. The van der Waals surface area contributed by atoms with Crippen LogP contribution in [0.2, 0.25) is 0 Å². The molecule has 0 aliphatic rings. The molecule has 0 aliphatic heterocycles. The topological polar surface area (TPSA) is 36.4 Å². The van der Waals surface area contributed by atoms with Crippen LogP contribution in [0.15, 0.2) is 29.3 Å². The van der Waals surface area contributed by atoms with E-state index in [1.54, 1.807) is 0 Å². The summed E-state index contributed by atoms with van der Waals surface area (Å²) in [5, 5.41) is 6.70. The minimum atomic E-state index is 0. The molecule has 2 N–H and O–H groups in total. The number of aryl methyl sites for hydroxylation is 1. The van der Waals surface area contributed by atoms with Crippen molar-refractivity contribution in [3.05, 3.63) is 35.4 Å². The van der Waals surface area contributed by atoms with Gasteiger partial charge in [0.1, 0.15) is 0 Å². The van der Waals surface area contributed by atoms with Gasteiger partial charge in [-0.3, -0.25) is 4.99 Å². The van der Waals surface area contributed by atoms with Crippen LogP contribution in [0.1, 0.15) is 24.0 Å². The Labute approximate surface area is 144 Å². The minimum Gasteiger partial charge on any atom is -0.356 e. The average molecular weight is 407 g/mol. The van der Waals surface area contributed by atoms with E-state index in [1.165, 1.54) is 29.7 Å². The summed E-state index contributed by atoms with van der Waals surface area (Å²) in [6.45, 7) is 3.93. The highest BCUT2D eigenvalue weighted by atomic mass is 127. The molecule has 0 aromatic heterocycles. The molecule has 1 rings (SSSR count). The van der Waals surface area contributed by atoms with Crippen LogP contribution < -0.4 is 10.6 Å². The van der Waals surface area contributed by atoms with Crippen molar-refractivity contribution in [2.24, 2.45) is 4.99 Å². The molecule has 0 radical (unpaired) electrons. The molecule has 0 unspecified atom stereocenters. The molecule has 1 aromatic carbocycles. The van der Waals surface area contributed by atoms with E-state index in [-0.39, 0.29) is 24.0 Å². The van der Waals surface area contributed by atoms with Gasteiger partial charge < -0.3 is 10.6 Å². The van der Waals surface area contributed by atoms with Crippen molar-refractivity contribution in [2.75, 3.05) is 25.6 Å². The summed E-state index contributed by atoms with van der Waals surface area (Å²) in [7, 11) is 1.81. The largest absolute Gasteiger partial charge is 0.356 e. The van der Waals surface area contributed by atoms with Crippen LogP contribution in [0.4, 0.5) is 0 Å². The molecule has 0 fully saturated rings. The predicted molar refractivity (Wildman–Crippen MR) is 102 cm³/mol. The summed E-state index contributed by atoms with van der Waals surface area (Å²) in [4.78, 5) is 4.24. The Hall–Kier alpha value is -0.430. The number of aliphatic imine (C=N–C) groups is 1. The Morgan fingerprint density at radius 1 is 1.20 bits per heavy atom.